The summed E-state index contributed by atoms with van der Waals surface area (Å²) >= 11 is 7.31. The molecular formula is C13H21ClN2O2S2. The van der Waals surface area contributed by atoms with Gasteiger partial charge in [-0.1, -0.05) is 6.92 Å². The number of sulfonamides is 1. The third-order valence-corrected chi connectivity index (χ3v) is 7.67. The van der Waals surface area contributed by atoms with Crippen molar-refractivity contribution in [1.29, 1.82) is 0 Å². The van der Waals surface area contributed by atoms with Crippen molar-refractivity contribution in [3.63, 3.8) is 0 Å². The van der Waals surface area contributed by atoms with E-state index < -0.39 is 10.0 Å². The highest BCUT2D eigenvalue weighted by Crippen LogP contribution is 2.31. The van der Waals surface area contributed by atoms with Gasteiger partial charge in [-0.15, -0.1) is 22.9 Å². The SMILES string of the molecule is CCC1CN(S(=O)(=O)c2c(C)csc2CCl)CCN1C. The summed E-state index contributed by atoms with van der Waals surface area (Å²) in [5.41, 5.74) is 0.803. The van der Waals surface area contributed by atoms with Crippen molar-refractivity contribution in [2.45, 2.75) is 37.1 Å². The number of thiophene rings is 1. The van der Waals surface area contributed by atoms with E-state index >= 15 is 0 Å². The monoisotopic (exact) mass is 336 g/mol. The molecule has 0 bridgehead atoms. The lowest BCUT2D eigenvalue weighted by atomic mass is 10.1. The fourth-order valence-corrected chi connectivity index (χ4v) is 6.11. The number of rotatable bonds is 4. The van der Waals surface area contributed by atoms with Gasteiger partial charge in [-0.3, -0.25) is 0 Å². The lowest BCUT2D eigenvalue weighted by Gasteiger charge is -2.38. The molecule has 114 valence electrons. The van der Waals surface area contributed by atoms with Crippen LogP contribution >= 0.6 is 22.9 Å². The maximum Gasteiger partial charge on any atom is 0.244 e. The van der Waals surface area contributed by atoms with Crippen LogP contribution in [0.4, 0.5) is 0 Å². The Balaban J connectivity index is 2.33. The minimum Gasteiger partial charge on any atom is -0.301 e. The average Bonchev–Trinajstić information content (AvgIpc) is 2.80. The standard InChI is InChI=1S/C13H21ClN2O2S2/c1-4-11-8-16(6-5-15(11)3)20(17,18)13-10(2)9-19-12(13)7-14/h9,11H,4-8H2,1-3H3. The van der Waals surface area contributed by atoms with Crippen LogP contribution in [-0.2, 0) is 15.9 Å². The first kappa shape index (κ1) is 16.2. The minimum absolute atomic E-state index is 0.248. The second-order valence-electron chi connectivity index (χ2n) is 5.21. The highest BCUT2D eigenvalue weighted by Gasteiger charge is 2.34. The number of aryl methyl sites for hydroxylation is 1. The zero-order valence-electron chi connectivity index (χ0n) is 12.1. The summed E-state index contributed by atoms with van der Waals surface area (Å²) in [5.74, 6) is 0.248. The summed E-state index contributed by atoms with van der Waals surface area (Å²) in [5, 5.41) is 1.87. The van der Waals surface area contributed by atoms with Crippen molar-refractivity contribution in [3.8, 4) is 0 Å². The Kier molecular flexibility index (Phi) is 5.13. The van der Waals surface area contributed by atoms with Crippen LogP contribution in [0.25, 0.3) is 0 Å². The number of piperazine rings is 1. The fourth-order valence-electron chi connectivity index (χ4n) is 2.63. The van der Waals surface area contributed by atoms with Gasteiger partial charge in [0.15, 0.2) is 0 Å². The van der Waals surface area contributed by atoms with Crippen molar-refractivity contribution in [3.05, 3.63) is 15.8 Å². The molecule has 0 aromatic carbocycles. The van der Waals surface area contributed by atoms with Crippen LogP contribution in [-0.4, -0.2) is 50.3 Å². The molecule has 4 nitrogen and oxygen atoms in total. The molecule has 0 saturated carbocycles. The molecule has 0 N–H and O–H groups in total. The predicted octanol–water partition coefficient (Wildman–Crippen LogP) is 2.51. The van der Waals surface area contributed by atoms with Gasteiger partial charge in [0.2, 0.25) is 10.0 Å². The Labute approximate surface area is 130 Å². The number of halogens is 1. The van der Waals surface area contributed by atoms with E-state index in [4.69, 9.17) is 11.6 Å². The van der Waals surface area contributed by atoms with Crippen molar-refractivity contribution in [2.75, 3.05) is 26.7 Å². The van der Waals surface area contributed by atoms with E-state index in [0.29, 0.717) is 18.0 Å². The molecule has 20 heavy (non-hydrogen) atoms. The predicted molar refractivity (Wildman–Crippen MR) is 84.1 cm³/mol. The van der Waals surface area contributed by atoms with Crippen molar-refractivity contribution >= 4 is 33.0 Å². The van der Waals surface area contributed by atoms with Gasteiger partial charge in [-0.05, 0) is 31.3 Å². The molecule has 0 radical (unpaired) electrons. The second kappa shape index (κ2) is 6.32. The first-order valence-electron chi connectivity index (χ1n) is 6.75. The van der Waals surface area contributed by atoms with Gasteiger partial charge >= 0.3 is 0 Å². The molecule has 1 saturated heterocycles. The zero-order valence-corrected chi connectivity index (χ0v) is 14.5. The summed E-state index contributed by atoms with van der Waals surface area (Å²) < 4.78 is 27.4. The van der Waals surface area contributed by atoms with Crippen molar-refractivity contribution in [1.82, 2.24) is 9.21 Å². The van der Waals surface area contributed by atoms with Crippen LogP contribution in [0, 0.1) is 6.92 Å². The van der Waals surface area contributed by atoms with Crippen LogP contribution in [0.15, 0.2) is 10.3 Å². The number of hydrogen-bond acceptors (Lipinski definition) is 4. The highest BCUT2D eigenvalue weighted by molar-refractivity contribution is 7.89. The third-order valence-electron chi connectivity index (χ3n) is 3.92. The fraction of sp³-hybridized carbons (Fsp3) is 0.692. The largest absolute Gasteiger partial charge is 0.301 e. The summed E-state index contributed by atoms with van der Waals surface area (Å²) in [6, 6.07) is 0.289. The smallest absolute Gasteiger partial charge is 0.244 e. The van der Waals surface area contributed by atoms with E-state index in [2.05, 4.69) is 18.9 Å². The van der Waals surface area contributed by atoms with Crippen LogP contribution < -0.4 is 0 Å². The molecule has 0 spiro atoms. The molecule has 1 fully saturated rings. The van der Waals surface area contributed by atoms with E-state index in [9.17, 15) is 8.42 Å². The molecule has 1 aliphatic rings. The Morgan fingerprint density at radius 2 is 2.15 bits per heavy atom. The molecule has 1 aliphatic heterocycles. The maximum atomic E-state index is 12.9. The Morgan fingerprint density at radius 1 is 1.45 bits per heavy atom. The topological polar surface area (TPSA) is 40.6 Å². The average molecular weight is 337 g/mol. The van der Waals surface area contributed by atoms with E-state index in [1.165, 1.54) is 11.3 Å². The number of hydrogen-bond donors (Lipinski definition) is 0. The molecular weight excluding hydrogens is 316 g/mol. The van der Waals surface area contributed by atoms with Gasteiger partial charge in [-0.2, -0.15) is 4.31 Å². The third kappa shape index (κ3) is 2.90. The van der Waals surface area contributed by atoms with E-state index in [1.807, 2.05) is 12.3 Å². The van der Waals surface area contributed by atoms with E-state index in [1.54, 1.807) is 4.31 Å². The summed E-state index contributed by atoms with van der Waals surface area (Å²) in [4.78, 5) is 3.41. The maximum absolute atomic E-state index is 12.9. The van der Waals surface area contributed by atoms with E-state index in [-0.39, 0.29) is 11.9 Å². The summed E-state index contributed by atoms with van der Waals surface area (Å²) in [6.07, 6.45) is 0.952. The molecule has 2 heterocycles. The van der Waals surface area contributed by atoms with Gasteiger partial charge in [-0.25, -0.2) is 8.42 Å². The van der Waals surface area contributed by atoms with Crippen LogP contribution in [0.1, 0.15) is 23.8 Å². The molecule has 0 aliphatic carbocycles. The van der Waals surface area contributed by atoms with Crippen LogP contribution in [0.2, 0.25) is 0 Å². The molecule has 1 aromatic rings. The Morgan fingerprint density at radius 3 is 2.75 bits per heavy atom. The first-order valence-corrected chi connectivity index (χ1v) is 9.60. The van der Waals surface area contributed by atoms with Gasteiger partial charge < -0.3 is 4.90 Å². The van der Waals surface area contributed by atoms with Crippen molar-refractivity contribution < 1.29 is 8.42 Å². The second-order valence-corrected chi connectivity index (χ2v) is 8.32. The van der Waals surface area contributed by atoms with Gasteiger partial charge in [0, 0.05) is 30.6 Å². The number of likely N-dealkylation sites (N-methyl/N-ethyl adjacent to an activating group) is 1. The lowest BCUT2D eigenvalue weighted by molar-refractivity contribution is 0.144. The number of alkyl halides is 1. The van der Waals surface area contributed by atoms with Crippen molar-refractivity contribution in [2.24, 2.45) is 0 Å². The molecule has 1 atom stereocenters. The van der Waals surface area contributed by atoms with Crippen LogP contribution in [0.3, 0.4) is 0 Å². The van der Waals surface area contributed by atoms with Gasteiger partial charge in [0.25, 0.3) is 0 Å². The first-order chi connectivity index (χ1) is 9.41. The number of nitrogens with zero attached hydrogens (tertiary/aromatic N) is 2. The molecule has 1 unspecified atom stereocenters. The minimum atomic E-state index is -3.43. The van der Waals surface area contributed by atoms with Gasteiger partial charge in [0.05, 0.1) is 5.88 Å². The normalized spacial score (nSPS) is 22.3. The molecule has 1 aromatic heterocycles. The molecule has 0 amide bonds. The summed E-state index contributed by atoms with van der Waals surface area (Å²) in [7, 11) is -1.37. The lowest BCUT2D eigenvalue weighted by Crippen LogP contribution is -2.52. The Bertz CT molecular complexity index is 571. The quantitative estimate of drug-likeness (QED) is 0.793. The Hall–Kier alpha value is -0.140. The van der Waals surface area contributed by atoms with E-state index in [0.717, 1.165) is 23.4 Å². The zero-order chi connectivity index (χ0) is 14.9. The highest BCUT2D eigenvalue weighted by atomic mass is 35.5. The summed E-state index contributed by atoms with van der Waals surface area (Å²) in [6.45, 7) is 5.82. The van der Waals surface area contributed by atoms with Crippen LogP contribution in [0.5, 0.6) is 0 Å². The molecule has 2 rings (SSSR count). The van der Waals surface area contributed by atoms with Gasteiger partial charge in [0.1, 0.15) is 4.90 Å². The molecule has 7 heteroatoms.